The normalized spacial score (nSPS) is 10.1. The fraction of sp³-hybridized carbons (Fsp3) is 0. The van der Waals surface area contributed by atoms with Crippen molar-refractivity contribution in [1.82, 2.24) is 4.98 Å². The first-order chi connectivity index (χ1) is 8.54. The van der Waals surface area contributed by atoms with E-state index in [1.54, 1.807) is 12.1 Å². The number of carbonyl (C=O) groups excluding carboxylic acids is 1. The van der Waals surface area contributed by atoms with Crippen LogP contribution in [0, 0.1) is 5.82 Å². The van der Waals surface area contributed by atoms with Crippen molar-refractivity contribution in [3.05, 3.63) is 52.5 Å². The summed E-state index contributed by atoms with van der Waals surface area (Å²) in [5, 5.41) is 0. The Bertz CT molecular complexity index is 584. The Hall–Kier alpha value is -1.95. The lowest BCUT2D eigenvalue weighted by atomic mass is 10.3. The first kappa shape index (κ1) is 12.5. The third-order valence-corrected chi connectivity index (χ3v) is 2.51. The highest BCUT2D eigenvalue weighted by Gasteiger charge is 2.06. The second kappa shape index (κ2) is 5.14. The maximum Gasteiger partial charge on any atom is 0.267 e. The molecule has 0 fully saturated rings. The number of halogens is 2. The topological polar surface area (TPSA) is 65.2 Å². The fourth-order valence-electron chi connectivity index (χ4n) is 1.33. The number of primary amides is 1. The Kier molecular flexibility index (Phi) is 3.57. The standard InChI is InChI=1S/C12H8BrFN2O2/c13-7-3-8(14)5-10(4-7)18-9-1-2-16-11(6-9)12(15)17/h1-6H,(H2,15,17). The van der Waals surface area contributed by atoms with Crippen molar-refractivity contribution >= 4 is 21.8 Å². The van der Waals surface area contributed by atoms with Gasteiger partial charge in [0.05, 0.1) is 0 Å². The second-order valence-corrected chi connectivity index (χ2v) is 4.36. The monoisotopic (exact) mass is 310 g/mol. The van der Waals surface area contributed by atoms with Gasteiger partial charge >= 0.3 is 0 Å². The van der Waals surface area contributed by atoms with Gasteiger partial charge in [-0.3, -0.25) is 9.78 Å². The van der Waals surface area contributed by atoms with Crippen LogP contribution in [0.1, 0.15) is 10.5 Å². The molecule has 0 radical (unpaired) electrons. The summed E-state index contributed by atoms with van der Waals surface area (Å²) < 4.78 is 19.1. The summed E-state index contributed by atoms with van der Waals surface area (Å²) >= 11 is 3.16. The van der Waals surface area contributed by atoms with E-state index in [1.807, 2.05) is 0 Å². The van der Waals surface area contributed by atoms with E-state index >= 15 is 0 Å². The zero-order valence-corrected chi connectivity index (χ0v) is 10.6. The highest BCUT2D eigenvalue weighted by Crippen LogP contribution is 2.25. The lowest BCUT2D eigenvalue weighted by Gasteiger charge is -2.06. The van der Waals surface area contributed by atoms with E-state index in [0.29, 0.717) is 16.0 Å². The first-order valence-electron chi connectivity index (χ1n) is 4.94. The van der Waals surface area contributed by atoms with Gasteiger partial charge in [-0.15, -0.1) is 0 Å². The number of nitrogens with two attached hydrogens (primary N) is 1. The predicted octanol–water partition coefficient (Wildman–Crippen LogP) is 2.87. The Balaban J connectivity index is 2.28. The number of hydrogen-bond acceptors (Lipinski definition) is 3. The molecule has 2 N–H and O–H groups in total. The largest absolute Gasteiger partial charge is 0.457 e. The molecule has 0 unspecified atom stereocenters. The van der Waals surface area contributed by atoms with Crippen molar-refractivity contribution in [1.29, 1.82) is 0 Å². The van der Waals surface area contributed by atoms with Gasteiger partial charge in [0.1, 0.15) is 23.0 Å². The third kappa shape index (κ3) is 3.04. The Morgan fingerprint density at radius 3 is 2.72 bits per heavy atom. The first-order valence-corrected chi connectivity index (χ1v) is 5.74. The van der Waals surface area contributed by atoms with Crippen molar-refractivity contribution in [3.63, 3.8) is 0 Å². The minimum Gasteiger partial charge on any atom is -0.457 e. The summed E-state index contributed by atoms with van der Waals surface area (Å²) in [5.41, 5.74) is 5.19. The molecular weight excluding hydrogens is 303 g/mol. The average Bonchev–Trinajstić information content (AvgIpc) is 2.27. The number of benzene rings is 1. The van der Waals surface area contributed by atoms with E-state index in [4.69, 9.17) is 10.5 Å². The zero-order valence-electron chi connectivity index (χ0n) is 9.06. The molecule has 0 aliphatic carbocycles. The minimum absolute atomic E-state index is 0.0861. The molecule has 0 spiro atoms. The number of rotatable bonds is 3. The summed E-state index contributed by atoms with van der Waals surface area (Å²) in [7, 11) is 0. The molecule has 0 saturated heterocycles. The van der Waals surface area contributed by atoms with Gasteiger partial charge in [0.15, 0.2) is 0 Å². The van der Waals surface area contributed by atoms with E-state index in [-0.39, 0.29) is 5.69 Å². The molecule has 4 nitrogen and oxygen atoms in total. The molecule has 2 aromatic rings. The van der Waals surface area contributed by atoms with Crippen LogP contribution in [0.3, 0.4) is 0 Å². The van der Waals surface area contributed by atoms with E-state index < -0.39 is 11.7 Å². The van der Waals surface area contributed by atoms with Crippen LogP contribution in [0.25, 0.3) is 0 Å². The number of nitrogens with zero attached hydrogens (tertiary/aromatic N) is 1. The van der Waals surface area contributed by atoms with Gasteiger partial charge in [-0.05, 0) is 18.2 Å². The lowest BCUT2D eigenvalue weighted by Crippen LogP contribution is -2.12. The molecule has 1 aromatic carbocycles. The van der Waals surface area contributed by atoms with Crippen LogP contribution in [-0.2, 0) is 0 Å². The Morgan fingerprint density at radius 2 is 2.06 bits per heavy atom. The van der Waals surface area contributed by atoms with E-state index in [0.717, 1.165) is 0 Å². The quantitative estimate of drug-likeness (QED) is 0.948. The van der Waals surface area contributed by atoms with Crippen LogP contribution >= 0.6 is 15.9 Å². The highest BCUT2D eigenvalue weighted by atomic mass is 79.9. The van der Waals surface area contributed by atoms with Gasteiger partial charge in [-0.1, -0.05) is 15.9 Å². The number of aromatic nitrogens is 1. The molecule has 0 saturated carbocycles. The maximum atomic E-state index is 13.1. The summed E-state index contributed by atoms with van der Waals surface area (Å²) in [4.78, 5) is 14.7. The maximum absolute atomic E-state index is 13.1. The second-order valence-electron chi connectivity index (χ2n) is 3.45. The number of amides is 1. The Labute approximate surface area is 111 Å². The summed E-state index contributed by atoms with van der Waals surface area (Å²) in [6.45, 7) is 0. The Morgan fingerprint density at radius 1 is 1.28 bits per heavy atom. The zero-order chi connectivity index (χ0) is 13.1. The van der Waals surface area contributed by atoms with Crippen LogP contribution in [0.2, 0.25) is 0 Å². The van der Waals surface area contributed by atoms with Gasteiger partial charge in [0, 0.05) is 22.8 Å². The van der Waals surface area contributed by atoms with Gasteiger partial charge < -0.3 is 10.5 Å². The van der Waals surface area contributed by atoms with Crippen LogP contribution in [0.15, 0.2) is 41.0 Å². The number of hydrogen-bond donors (Lipinski definition) is 1. The highest BCUT2D eigenvalue weighted by molar-refractivity contribution is 9.10. The minimum atomic E-state index is -0.652. The third-order valence-electron chi connectivity index (χ3n) is 2.06. The number of ether oxygens (including phenoxy) is 1. The molecular formula is C12H8BrFN2O2. The van der Waals surface area contributed by atoms with Crippen molar-refractivity contribution in [2.75, 3.05) is 0 Å². The molecule has 0 atom stereocenters. The van der Waals surface area contributed by atoms with Gasteiger partial charge in [0.2, 0.25) is 0 Å². The van der Waals surface area contributed by atoms with Gasteiger partial charge in [0.25, 0.3) is 5.91 Å². The predicted molar refractivity (Wildman–Crippen MR) is 66.9 cm³/mol. The van der Waals surface area contributed by atoms with Crippen LogP contribution in [-0.4, -0.2) is 10.9 Å². The molecule has 1 aromatic heterocycles. The molecule has 2 rings (SSSR count). The molecule has 0 aliphatic rings. The molecule has 92 valence electrons. The number of carbonyl (C=O) groups is 1. The summed E-state index contributed by atoms with van der Waals surface area (Å²) in [6.07, 6.45) is 1.39. The molecule has 1 amide bonds. The SMILES string of the molecule is NC(=O)c1cc(Oc2cc(F)cc(Br)c2)ccn1. The summed E-state index contributed by atoms with van der Waals surface area (Å²) in [6, 6.07) is 7.09. The molecule has 0 bridgehead atoms. The van der Waals surface area contributed by atoms with Gasteiger partial charge in [-0.25, -0.2) is 4.39 Å². The molecule has 0 aliphatic heterocycles. The molecule has 6 heteroatoms. The van der Waals surface area contributed by atoms with Crippen molar-refractivity contribution in [2.45, 2.75) is 0 Å². The van der Waals surface area contributed by atoms with E-state index in [9.17, 15) is 9.18 Å². The average molecular weight is 311 g/mol. The number of pyridine rings is 1. The van der Waals surface area contributed by atoms with Crippen molar-refractivity contribution < 1.29 is 13.9 Å². The van der Waals surface area contributed by atoms with Gasteiger partial charge in [-0.2, -0.15) is 0 Å². The van der Waals surface area contributed by atoms with Crippen molar-refractivity contribution in [2.24, 2.45) is 5.73 Å². The smallest absolute Gasteiger partial charge is 0.267 e. The summed E-state index contributed by atoms with van der Waals surface area (Å²) in [5.74, 6) is -0.413. The lowest BCUT2D eigenvalue weighted by molar-refractivity contribution is 0.0995. The molecule has 1 heterocycles. The van der Waals surface area contributed by atoms with Crippen LogP contribution < -0.4 is 10.5 Å². The van der Waals surface area contributed by atoms with Crippen LogP contribution in [0.5, 0.6) is 11.5 Å². The van der Waals surface area contributed by atoms with Crippen molar-refractivity contribution in [3.8, 4) is 11.5 Å². The van der Waals surface area contributed by atoms with E-state index in [1.165, 1.54) is 24.4 Å². The molecule has 18 heavy (non-hydrogen) atoms. The van der Waals surface area contributed by atoms with E-state index in [2.05, 4.69) is 20.9 Å². The van der Waals surface area contributed by atoms with Crippen LogP contribution in [0.4, 0.5) is 4.39 Å². The fourth-order valence-corrected chi connectivity index (χ4v) is 1.78.